The van der Waals surface area contributed by atoms with Crippen LogP contribution in [0.4, 0.5) is 0 Å². The zero-order chi connectivity index (χ0) is 18.6. The number of rotatable bonds is 8. The summed E-state index contributed by atoms with van der Waals surface area (Å²) in [5.74, 6) is 0. The van der Waals surface area contributed by atoms with E-state index in [1.807, 2.05) is 36.3 Å². The summed E-state index contributed by atoms with van der Waals surface area (Å²) < 4.78 is 2.11. The molecular weight excluding hydrogens is 380 g/mol. The molecule has 0 aliphatic rings. The molecule has 0 fully saturated rings. The number of thiophene rings is 1. The van der Waals surface area contributed by atoms with Crippen molar-refractivity contribution in [3.63, 3.8) is 0 Å². The van der Waals surface area contributed by atoms with Gasteiger partial charge in [0.2, 0.25) is 0 Å². The van der Waals surface area contributed by atoms with E-state index in [2.05, 4.69) is 48.7 Å². The van der Waals surface area contributed by atoms with Gasteiger partial charge in [0.05, 0.1) is 11.7 Å². The summed E-state index contributed by atoms with van der Waals surface area (Å²) in [6.07, 6.45) is 10.4. The van der Waals surface area contributed by atoms with E-state index in [-0.39, 0.29) is 0 Å². The minimum atomic E-state index is 0.542. The molecule has 0 spiro atoms. The summed E-state index contributed by atoms with van der Waals surface area (Å²) in [4.78, 5) is 13.6. The Balaban J connectivity index is 1.50. The van der Waals surface area contributed by atoms with Crippen LogP contribution < -0.4 is 0 Å². The molecule has 6 nitrogen and oxygen atoms in total. The first-order valence-corrected chi connectivity index (χ1v) is 10.1. The second kappa shape index (κ2) is 8.21. The minimum absolute atomic E-state index is 0.542. The van der Waals surface area contributed by atoms with Crippen LogP contribution in [0.15, 0.2) is 43.2 Å². The van der Waals surface area contributed by atoms with Gasteiger partial charge in [-0.2, -0.15) is 5.10 Å². The quantitative estimate of drug-likeness (QED) is 0.479. The van der Waals surface area contributed by atoms with E-state index < -0.39 is 0 Å². The van der Waals surface area contributed by atoms with Gasteiger partial charge in [-0.05, 0) is 25.5 Å². The van der Waals surface area contributed by atoms with E-state index in [1.165, 1.54) is 9.75 Å². The number of fused-ring (bicyclic) bond motifs is 1. The molecule has 27 heavy (non-hydrogen) atoms. The van der Waals surface area contributed by atoms with Gasteiger partial charge in [-0.3, -0.25) is 15.0 Å². The second-order valence-electron chi connectivity index (χ2n) is 6.61. The van der Waals surface area contributed by atoms with Crippen LogP contribution >= 0.6 is 22.9 Å². The van der Waals surface area contributed by atoms with Gasteiger partial charge in [-0.15, -0.1) is 11.3 Å². The Morgan fingerprint density at radius 2 is 2.15 bits per heavy atom. The molecule has 4 aromatic rings. The van der Waals surface area contributed by atoms with Gasteiger partial charge < -0.3 is 4.57 Å². The van der Waals surface area contributed by atoms with Crippen molar-refractivity contribution in [1.82, 2.24) is 29.6 Å². The SMILES string of the molecule is Cc1ccc(CN(CCCn2ccnc2)Cc2cncc3c(Cl)[nH]nc23)s1. The molecule has 0 bridgehead atoms. The third-order valence-electron chi connectivity index (χ3n) is 4.51. The fourth-order valence-electron chi connectivity index (χ4n) is 3.21. The van der Waals surface area contributed by atoms with E-state index in [1.54, 1.807) is 6.20 Å². The first-order valence-electron chi connectivity index (χ1n) is 8.89. The molecule has 0 aromatic carbocycles. The van der Waals surface area contributed by atoms with Crippen molar-refractivity contribution >= 4 is 33.8 Å². The number of hydrogen-bond donors (Lipinski definition) is 1. The molecule has 1 N–H and O–H groups in total. The van der Waals surface area contributed by atoms with Crippen LogP contribution in [0.1, 0.15) is 21.7 Å². The number of nitrogens with zero attached hydrogens (tertiary/aromatic N) is 5. The molecule has 4 aromatic heterocycles. The number of hydrogen-bond acceptors (Lipinski definition) is 5. The summed E-state index contributed by atoms with van der Waals surface area (Å²) in [5, 5.41) is 8.64. The summed E-state index contributed by atoms with van der Waals surface area (Å²) in [5.41, 5.74) is 1.99. The van der Waals surface area contributed by atoms with Crippen molar-refractivity contribution in [2.75, 3.05) is 6.54 Å². The number of aryl methyl sites for hydroxylation is 2. The van der Waals surface area contributed by atoms with Crippen molar-refractivity contribution < 1.29 is 0 Å². The highest BCUT2D eigenvalue weighted by molar-refractivity contribution is 7.11. The molecule has 0 radical (unpaired) electrons. The summed E-state index contributed by atoms with van der Waals surface area (Å²) >= 11 is 8.03. The third kappa shape index (κ3) is 4.37. The Morgan fingerprint density at radius 1 is 1.22 bits per heavy atom. The zero-order valence-corrected chi connectivity index (χ0v) is 16.7. The Hall–Kier alpha value is -2.22. The Kier molecular flexibility index (Phi) is 5.52. The maximum atomic E-state index is 6.18. The number of imidazole rings is 1. The van der Waals surface area contributed by atoms with Crippen LogP contribution in [0.2, 0.25) is 5.15 Å². The average Bonchev–Trinajstić information content (AvgIpc) is 3.39. The van der Waals surface area contributed by atoms with E-state index in [4.69, 9.17) is 11.6 Å². The maximum absolute atomic E-state index is 6.18. The van der Waals surface area contributed by atoms with E-state index in [0.29, 0.717) is 5.15 Å². The lowest BCUT2D eigenvalue weighted by Crippen LogP contribution is -2.24. The maximum Gasteiger partial charge on any atom is 0.133 e. The van der Waals surface area contributed by atoms with Crippen LogP contribution in [0.5, 0.6) is 0 Å². The van der Waals surface area contributed by atoms with E-state index in [0.717, 1.165) is 49.1 Å². The Bertz CT molecular complexity index is 1010. The van der Waals surface area contributed by atoms with Crippen LogP contribution in [0, 0.1) is 6.92 Å². The van der Waals surface area contributed by atoms with Crippen molar-refractivity contribution in [2.45, 2.75) is 33.0 Å². The summed E-state index contributed by atoms with van der Waals surface area (Å²) in [6.45, 7) is 5.78. The standard InChI is InChI=1S/C19H21ClN6S/c1-14-3-4-16(27-14)12-26(7-2-6-25-8-5-21-13-25)11-15-9-22-10-17-18(15)23-24-19(17)20/h3-5,8-10,13H,2,6-7,11-12H2,1H3,(H,23,24). The molecule has 140 valence electrons. The molecular formula is C19H21ClN6S. The Morgan fingerprint density at radius 3 is 2.93 bits per heavy atom. The molecule has 0 saturated carbocycles. The number of halogens is 1. The van der Waals surface area contributed by atoms with Crippen molar-refractivity contribution in [2.24, 2.45) is 0 Å². The number of H-pyrrole nitrogens is 1. The van der Waals surface area contributed by atoms with Gasteiger partial charge in [-0.1, -0.05) is 11.6 Å². The predicted octanol–water partition coefficient (Wildman–Crippen LogP) is 4.27. The largest absolute Gasteiger partial charge is 0.337 e. The predicted molar refractivity (Wildman–Crippen MR) is 109 cm³/mol. The van der Waals surface area contributed by atoms with Crippen molar-refractivity contribution in [3.8, 4) is 0 Å². The normalized spacial score (nSPS) is 11.7. The highest BCUT2D eigenvalue weighted by Crippen LogP contribution is 2.24. The molecule has 8 heteroatoms. The number of pyridine rings is 1. The lowest BCUT2D eigenvalue weighted by molar-refractivity contribution is 0.251. The minimum Gasteiger partial charge on any atom is -0.337 e. The summed E-state index contributed by atoms with van der Waals surface area (Å²) in [7, 11) is 0. The Labute approximate surface area is 166 Å². The van der Waals surface area contributed by atoms with Gasteiger partial charge in [-0.25, -0.2) is 4.98 Å². The smallest absolute Gasteiger partial charge is 0.133 e. The molecule has 0 unspecified atom stereocenters. The molecule has 0 aliphatic carbocycles. The monoisotopic (exact) mass is 400 g/mol. The molecule has 4 heterocycles. The number of aromatic amines is 1. The van der Waals surface area contributed by atoms with Gasteiger partial charge in [0.25, 0.3) is 0 Å². The molecule has 0 saturated heterocycles. The molecule has 4 rings (SSSR count). The second-order valence-corrected chi connectivity index (χ2v) is 8.36. The van der Waals surface area contributed by atoms with Gasteiger partial charge in [0.1, 0.15) is 10.7 Å². The highest BCUT2D eigenvalue weighted by atomic mass is 35.5. The van der Waals surface area contributed by atoms with Crippen LogP contribution in [0.3, 0.4) is 0 Å². The lowest BCUT2D eigenvalue weighted by atomic mass is 10.2. The lowest BCUT2D eigenvalue weighted by Gasteiger charge is -2.22. The van der Waals surface area contributed by atoms with Gasteiger partial charge >= 0.3 is 0 Å². The van der Waals surface area contributed by atoms with Crippen LogP contribution in [-0.4, -0.2) is 36.2 Å². The van der Waals surface area contributed by atoms with Gasteiger partial charge in [0, 0.05) is 66.3 Å². The first kappa shape index (κ1) is 18.2. The van der Waals surface area contributed by atoms with E-state index in [9.17, 15) is 0 Å². The van der Waals surface area contributed by atoms with Gasteiger partial charge in [0.15, 0.2) is 0 Å². The van der Waals surface area contributed by atoms with Crippen LogP contribution in [-0.2, 0) is 19.6 Å². The van der Waals surface area contributed by atoms with Crippen molar-refractivity contribution in [1.29, 1.82) is 0 Å². The third-order valence-corrected chi connectivity index (χ3v) is 5.79. The fourth-order valence-corrected chi connectivity index (χ4v) is 4.33. The zero-order valence-electron chi connectivity index (χ0n) is 15.1. The molecule has 0 aliphatic heterocycles. The topological polar surface area (TPSA) is 62.6 Å². The fraction of sp³-hybridized carbons (Fsp3) is 0.316. The molecule has 0 amide bonds. The van der Waals surface area contributed by atoms with Crippen LogP contribution in [0.25, 0.3) is 10.9 Å². The van der Waals surface area contributed by atoms with E-state index >= 15 is 0 Å². The average molecular weight is 401 g/mol. The number of aromatic nitrogens is 5. The van der Waals surface area contributed by atoms with Crippen molar-refractivity contribution in [3.05, 3.63) is 63.7 Å². The molecule has 0 atom stereocenters. The number of nitrogens with one attached hydrogen (secondary N) is 1. The highest BCUT2D eigenvalue weighted by Gasteiger charge is 2.14. The summed E-state index contributed by atoms with van der Waals surface area (Å²) in [6, 6.07) is 4.40. The first-order chi connectivity index (χ1) is 13.2.